The number of aryl methyl sites for hydroxylation is 1. The Labute approximate surface area is 110 Å². The fourth-order valence-corrected chi connectivity index (χ4v) is 1.94. The molecule has 0 aliphatic carbocycles. The topological polar surface area (TPSA) is 74.5 Å². The van der Waals surface area contributed by atoms with Gasteiger partial charge in [0.2, 0.25) is 0 Å². The number of imidazole rings is 1. The van der Waals surface area contributed by atoms with Crippen LogP contribution in [0, 0.1) is 0 Å². The summed E-state index contributed by atoms with van der Waals surface area (Å²) in [5, 5.41) is 4.07. The summed E-state index contributed by atoms with van der Waals surface area (Å²) in [6.45, 7) is 0.635. The highest BCUT2D eigenvalue weighted by Gasteiger charge is 2.08. The number of aromatic nitrogens is 5. The monoisotopic (exact) mass is 254 g/mol. The molecule has 0 saturated carbocycles. The zero-order valence-electron chi connectivity index (χ0n) is 10.6. The Morgan fingerprint density at radius 2 is 1.95 bits per heavy atom. The van der Waals surface area contributed by atoms with E-state index in [2.05, 4.69) is 15.1 Å². The Hall–Kier alpha value is -2.63. The van der Waals surface area contributed by atoms with Crippen molar-refractivity contribution < 1.29 is 0 Å². The van der Waals surface area contributed by atoms with Crippen LogP contribution in [-0.2, 0) is 13.6 Å². The van der Waals surface area contributed by atoms with Gasteiger partial charge in [-0.25, -0.2) is 9.97 Å². The lowest BCUT2D eigenvalue weighted by molar-refractivity contribution is 0.656. The third-order valence-electron chi connectivity index (χ3n) is 3.00. The first-order valence-electron chi connectivity index (χ1n) is 5.94. The quantitative estimate of drug-likeness (QED) is 0.715. The molecular weight excluding hydrogens is 240 g/mol. The number of nitrogen functional groups attached to an aromatic ring is 1. The zero-order valence-corrected chi connectivity index (χ0v) is 10.6. The van der Waals surface area contributed by atoms with Crippen LogP contribution in [0.3, 0.4) is 0 Å². The smallest absolute Gasteiger partial charge is 0.146 e. The summed E-state index contributed by atoms with van der Waals surface area (Å²) >= 11 is 0. The van der Waals surface area contributed by atoms with Gasteiger partial charge in [-0.05, 0) is 24.3 Å². The SMILES string of the molecule is Cn1ncnc1Cn1ccnc1-c1ccc(N)cc1. The number of hydrogen-bond acceptors (Lipinski definition) is 4. The van der Waals surface area contributed by atoms with Crippen LogP contribution in [0.25, 0.3) is 11.4 Å². The maximum Gasteiger partial charge on any atom is 0.146 e. The van der Waals surface area contributed by atoms with Crippen molar-refractivity contribution in [3.63, 3.8) is 0 Å². The van der Waals surface area contributed by atoms with Crippen LogP contribution in [0.15, 0.2) is 43.0 Å². The summed E-state index contributed by atoms with van der Waals surface area (Å²) in [7, 11) is 1.88. The predicted molar refractivity (Wildman–Crippen MR) is 72.2 cm³/mol. The molecule has 2 heterocycles. The average Bonchev–Trinajstić information content (AvgIpc) is 3.01. The molecule has 0 atom stereocenters. The van der Waals surface area contributed by atoms with Gasteiger partial charge in [-0.3, -0.25) is 4.68 Å². The molecule has 6 nitrogen and oxygen atoms in total. The number of nitrogens with two attached hydrogens (primary N) is 1. The minimum absolute atomic E-state index is 0.635. The molecule has 0 bridgehead atoms. The number of rotatable bonds is 3. The largest absolute Gasteiger partial charge is 0.399 e. The molecule has 96 valence electrons. The lowest BCUT2D eigenvalue weighted by Crippen LogP contribution is -2.07. The van der Waals surface area contributed by atoms with Gasteiger partial charge in [-0.15, -0.1) is 0 Å². The summed E-state index contributed by atoms with van der Waals surface area (Å²) in [5.74, 6) is 1.78. The third-order valence-corrected chi connectivity index (χ3v) is 3.00. The number of benzene rings is 1. The van der Waals surface area contributed by atoms with Crippen molar-refractivity contribution >= 4 is 5.69 Å². The number of hydrogen-bond donors (Lipinski definition) is 1. The van der Waals surface area contributed by atoms with Crippen LogP contribution in [0.4, 0.5) is 5.69 Å². The van der Waals surface area contributed by atoms with Gasteiger partial charge in [0.05, 0.1) is 6.54 Å². The lowest BCUT2D eigenvalue weighted by atomic mass is 10.2. The van der Waals surface area contributed by atoms with Gasteiger partial charge in [0.1, 0.15) is 18.0 Å². The minimum Gasteiger partial charge on any atom is -0.399 e. The highest BCUT2D eigenvalue weighted by Crippen LogP contribution is 2.19. The Morgan fingerprint density at radius 1 is 1.16 bits per heavy atom. The van der Waals surface area contributed by atoms with Crippen molar-refractivity contribution in [2.75, 3.05) is 5.73 Å². The van der Waals surface area contributed by atoms with Crippen molar-refractivity contribution in [2.24, 2.45) is 7.05 Å². The second-order valence-electron chi connectivity index (χ2n) is 4.30. The zero-order chi connectivity index (χ0) is 13.2. The van der Waals surface area contributed by atoms with E-state index in [0.717, 1.165) is 22.9 Å². The summed E-state index contributed by atoms with van der Waals surface area (Å²) in [6.07, 6.45) is 5.26. The average molecular weight is 254 g/mol. The van der Waals surface area contributed by atoms with Gasteiger partial charge in [0.25, 0.3) is 0 Å². The Morgan fingerprint density at radius 3 is 2.63 bits per heavy atom. The van der Waals surface area contributed by atoms with E-state index in [1.54, 1.807) is 17.2 Å². The molecule has 0 spiro atoms. The molecule has 0 saturated heterocycles. The number of nitrogens with zero attached hydrogens (tertiary/aromatic N) is 5. The lowest BCUT2D eigenvalue weighted by Gasteiger charge is -2.07. The molecule has 0 amide bonds. The van der Waals surface area contributed by atoms with Crippen molar-refractivity contribution in [3.05, 3.63) is 48.8 Å². The summed E-state index contributed by atoms with van der Waals surface area (Å²) in [6, 6.07) is 7.67. The van der Waals surface area contributed by atoms with E-state index in [9.17, 15) is 0 Å². The van der Waals surface area contributed by atoms with E-state index in [-0.39, 0.29) is 0 Å². The van der Waals surface area contributed by atoms with Gasteiger partial charge >= 0.3 is 0 Å². The summed E-state index contributed by atoms with van der Waals surface area (Å²) in [5.41, 5.74) is 7.47. The number of anilines is 1. The third kappa shape index (κ3) is 2.20. The fourth-order valence-electron chi connectivity index (χ4n) is 1.94. The second-order valence-corrected chi connectivity index (χ2v) is 4.30. The maximum atomic E-state index is 5.70. The molecule has 0 aliphatic rings. The van der Waals surface area contributed by atoms with Crippen LogP contribution >= 0.6 is 0 Å². The van der Waals surface area contributed by atoms with Crippen LogP contribution in [0.1, 0.15) is 5.82 Å². The van der Waals surface area contributed by atoms with Crippen LogP contribution in [-0.4, -0.2) is 24.3 Å². The molecule has 19 heavy (non-hydrogen) atoms. The highest BCUT2D eigenvalue weighted by molar-refractivity contribution is 5.59. The van der Waals surface area contributed by atoms with Gasteiger partial charge in [0, 0.05) is 30.7 Å². The molecule has 0 fully saturated rings. The molecule has 6 heteroatoms. The molecule has 0 unspecified atom stereocenters. The van der Waals surface area contributed by atoms with Crippen LogP contribution in [0.2, 0.25) is 0 Å². The van der Waals surface area contributed by atoms with E-state index in [4.69, 9.17) is 5.73 Å². The summed E-state index contributed by atoms with van der Waals surface area (Å²) < 4.78 is 3.79. The van der Waals surface area contributed by atoms with E-state index in [1.165, 1.54) is 0 Å². The molecule has 1 aromatic carbocycles. The van der Waals surface area contributed by atoms with Crippen molar-refractivity contribution in [3.8, 4) is 11.4 Å². The van der Waals surface area contributed by atoms with Crippen LogP contribution < -0.4 is 5.73 Å². The van der Waals surface area contributed by atoms with Crippen molar-refractivity contribution in [2.45, 2.75) is 6.54 Å². The molecule has 3 aromatic rings. The van der Waals surface area contributed by atoms with Gasteiger partial charge in [0.15, 0.2) is 0 Å². The molecule has 2 N–H and O–H groups in total. The van der Waals surface area contributed by atoms with E-state index in [1.807, 2.05) is 42.1 Å². The first-order chi connectivity index (χ1) is 9.24. The van der Waals surface area contributed by atoms with Gasteiger partial charge in [-0.2, -0.15) is 5.10 Å². The Kier molecular flexibility index (Phi) is 2.75. The Bertz CT molecular complexity index is 679. The van der Waals surface area contributed by atoms with E-state index in [0.29, 0.717) is 6.54 Å². The second kappa shape index (κ2) is 4.56. The van der Waals surface area contributed by atoms with Crippen LogP contribution in [0.5, 0.6) is 0 Å². The van der Waals surface area contributed by atoms with Crippen molar-refractivity contribution in [1.82, 2.24) is 24.3 Å². The summed E-state index contributed by atoms with van der Waals surface area (Å²) in [4.78, 5) is 8.61. The van der Waals surface area contributed by atoms with Crippen molar-refractivity contribution in [1.29, 1.82) is 0 Å². The molecule has 0 aliphatic heterocycles. The van der Waals surface area contributed by atoms with E-state index < -0.39 is 0 Å². The molecule has 3 rings (SSSR count). The predicted octanol–water partition coefficient (Wildman–Crippen LogP) is 1.31. The first-order valence-corrected chi connectivity index (χ1v) is 5.94. The minimum atomic E-state index is 0.635. The van der Waals surface area contributed by atoms with E-state index >= 15 is 0 Å². The fraction of sp³-hybridized carbons (Fsp3) is 0.154. The van der Waals surface area contributed by atoms with Gasteiger partial charge in [-0.1, -0.05) is 0 Å². The van der Waals surface area contributed by atoms with Gasteiger partial charge < -0.3 is 10.3 Å². The molecule has 2 aromatic heterocycles. The Balaban J connectivity index is 1.94. The first kappa shape index (κ1) is 11.5. The standard InChI is InChI=1S/C13H14N6/c1-18-12(16-9-17-18)8-19-7-6-15-13(19)10-2-4-11(14)5-3-10/h2-7,9H,8,14H2,1H3. The maximum absolute atomic E-state index is 5.70. The normalized spacial score (nSPS) is 10.8. The molecule has 0 radical (unpaired) electrons. The highest BCUT2D eigenvalue weighted by atomic mass is 15.3. The molecular formula is C13H14N6.